The topological polar surface area (TPSA) is 45.2 Å². The van der Waals surface area contributed by atoms with Crippen molar-refractivity contribution < 1.29 is 19.0 Å². The summed E-state index contributed by atoms with van der Waals surface area (Å²) in [5, 5.41) is 10.6. The Kier molecular flexibility index (Phi) is 4.95. The Morgan fingerprint density at radius 2 is 1.62 bits per heavy atom. The summed E-state index contributed by atoms with van der Waals surface area (Å²) in [4.78, 5) is 4.49. The lowest BCUT2D eigenvalue weighted by atomic mass is 10.1. The van der Waals surface area contributed by atoms with Gasteiger partial charge >= 0.3 is 0 Å². The monoisotopic (exact) mass is 358 g/mol. The number of halogens is 1. The number of rotatable bonds is 4. The number of nitrogens with zero attached hydrogens (tertiary/aromatic N) is 2. The maximum Gasteiger partial charge on any atom is 0.161 e. The van der Waals surface area contributed by atoms with Gasteiger partial charge in [0.1, 0.15) is 19.0 Å². The van der Waals surface area contributed by atoms with Crippen LogP contribution in [0.1, 0.15) is 11.7 Å². The summed E-state index contributed by atoms with van der Waals surface area (Å²) >= 11 is 0. The normalized spacial score (nSPS) is 18.6. The van der Waals surface area contributed by atoms with E-state index in [0.717, 1.165) is 43.2 Å². The molecule has 26 heavy (non-hydrogen) atoms. The number of hydrogen-bond donors (Lipinski definition) is 1. The first-order valence-electron chi connectivity index (χ1n) is 8.99. The summed E-state index contributed by atoms with van der Waals surface area (Å²) < 4.78 is 24.2. The molecule has 138 valence electrons. The van der Waals surface area contributed by atoms with Gasteiger partial charge in [0.25, 0.3) is 0 Å². The molecule has 0 unspecified atom stereocenters. The van der Waals surface area contributed by atoms with E-state index in [1.165, 1.54) is 12.1 Å². The van der Waals surface area contributed by atoms with E-state index in [1.54, 1.807) is 0 Å². The molecule has 0 spiro atoms. The summed E-state index contributed by atoms with van der Waals surface area (Å²) in [7, 11) is 0. The van der Waals surface area contributed by atoms with E-state index in [1.807, 2.05) is 30.3 Å². The minimum Gasteiger partial charge on any atom is -0.486 e. The third kappa shape index (κ3) is 3.76. The van der Waals surface area contributed by atoms with Crippen molar-refractivity contribution in [2.45, 2.75) is 6.10 Å². The molecule has 0 bridgehead atoms. The molecule has 2 heterocycles. The maximum atomic E-state index is 13.1. The molecule has 5 nitrogen and oxygen atoms in total. The molecule has 1 atom stereocenters. The van der Waals surface area contributed by atoms with Crippen molar-refractivity contribution in [3.05, 3.63) is 53.8 Å². The van der Waals surface area contributed by atoms with Crippen LogP contribution in [0.2, 0.25) is 0 Å². The first-order valence-corrected chi connectivity index (χ1v) is 8.99. The second kappa shape index (κ2) is 7.51. The van der Waals surface area contributed by atoms with E-state index < -0.39 is 6.10 Å². The first-order chi connectivity index (χ1) is 12.7. The van der Waals surface area contributed by atoms with Crippen molar-refractivity contribution in [1.82, 2.24) is 4.90 Å². The summed E-state index contributed by atoms with van der Waals surface area (Å²) in [6.07, 6.45) is -0.566. The van der Waals surface area contributed by atoms with Crippen molar-refractivity contribution in [1.29, 1.82) is 0 Å². The van der Waals surface area contributed by atoms with Crippen LogP contribution in [0.5, 0.6) is 11.5 Å². The highest BCUT2D eigenvalue weighted by Crippen LogP contribution is 2.33. The molecule has 1 fully saturated rings. The third-order valence-electron chi connectivity index (χ3n) is 4.95. The zero-order valence-corrected chi connectivity index (χ0v) is 14.6. The summed E-state index contributed by atoms with van der Waals surface area (Å²) in [6.45, 7) is 5.12. The average Bonchev–Trinajstić information content (AvgIpc) is 2.69. The molecule has 0 amide bonds. The van der Waals surface area contributed by atoms with E-state index in [-0.39, 0.29) is 5.82 Å². The summed E-state index contributed by atoms with van der Waals surface area (Å²) in [6, 6.07) is 12.2. The lowest BCUT2D eigenvalue weighted by Crippen LogP contribution is -2.47. The molecule has 0 radical (unpaired) electrons. The fourth-order valence-corrected chi connectivity index (χ4v) is 3.46. The van der Waals surface area contributed by atoms with Crippen LogP contribution >= 0.6 is 0 Å². The van der Waals surface area contributed by atoms with E-state index in [9.17, 15) is 9.50 Å². The van der Waals surface area contributed by atoms with Crippen LogP contribution in [0.3, 0.4) is 0 Å². The zero-order chi connectivity index (χ0) is 17.9. The molecular formula is C20H23FN2O3. The van der Waals surface area contributed by atoms with Gasteiger partial charge in [-0.05, 0) is 42.0 Å². The molecule has 0 aromatic heterocycles. The van der Waals surface area contributed by atoms with Gasteiger partial charge in [-0.25, -0.2) is 4.39 Å². The quantitative estimate of drug-likeness (QED) is 0.910. The molecule has 6 heteroatoms. The Morgan fingerprint density at radius 1 is 0.923 bits per heavy atom. The predicted molar refractivity (Wildman–Crippen MR) is 97.4 cm³/mol. The average molecular weight is 358 g/mol. The molecule has 2 aromatic rings. The van der Waals surface area contributed by atoms with Gasteiger partial charge in [-0.3, -0.25) is 4.90 Å². The van der Waals surface area contributed by atoms with Crippen LogP contribution in [-0.2, 0) is 0 Å². The molecule has 1 saturated heterocycles. The molecule has 0 aliphatic carbocycles. The first kappa shape index (κ1) is 17.1. The molecule has 2 aliphatic heterocycles. The predicted octanol–water partition coefficient (Wildman–Crippen LogP) is 2.45. The summed E-state index contributed by atoms with van der Waals surface area (Å²) in [5.41, 5.74) is 1.88. The minimum absolute atomic E-state index is 0.213. The van der Waals surface area contributed by atoms with Crippen molar-refractivity contribution in [3.8, 4) is 11.5 Å². The zero-order valence-electron chi connectivity index (χ0n) is 14.6. The molecule has 2 aliphatic rings. The highest BCUT2D eigenvalue weighted by molar-refractivity contribution is 5.47. The van der Waals surface area contributed by atoms with Crippen LogP contribution in [0, 0.1) is 5.82 Å². The molecular weight excluding hydrogens is 335 g/mol. The standard InChI is InChI=1S/C20H23FN2O3/c21-16-2-4-17(5-3-16)23-9-7-22(8-10-23)14-18(24)15-1-6-19-20(13-15)26-12-11-25-19/h1-6,13,18,24H,7-12,14H2/t18-/m1/s1. The smallest absolute Gasteiger partial charge is 0.161 e. The fraction of sp³-hybridized carbons (Fsp3) is 0.400. The summed E-state index contributed by atoms with van der Waals surface area (Å²) in [5.74, 6) is 1.23. The number of piperazine rings is 1. The Morgan fingerprint density at radius 3 is 2.35 bits per heavy atom. The van der Waals surface area contributed by atoms with Crippen LogP contribution in [0.15, 0.2) is 42.5 Å². The lowest BCUT2D eigenvalue weighted by Gasteiger charge is -2.37. The second-order valence-corrected chi connectivity index (χ2v) is 6.68. The van der Waals surface area contributed by atoms with Crippen molar-refractivity contribution in [2.75, 3.05) is 50.8 Å². The second-order valence-electron chi connectivity index (χ2n) is 6.68. The highest BCUT2D eigenvalue weighted by Gasteiger charge is 2.21. The van der Waals surface area contributed by atoms with Gasteiger partial charge in [-0.1, -0.05) is 6.07 Å². The molecule has 0 saturated carbocycles. The molecule has 4 rings (SSSR count). The van der Waals surface area contributed by atoms with E-state index >= 15 is 0 Å². The Labute approximate surface area is 152 Å². The van der Waals surface area contributed by atoms with Crippen LogP contribution in [0.25, 0.3) is 0 Å². The number of aliphatic hydroxyl groups excluding tert-OH is 1. The van der Waals surface area contributed by atoms with Crippen molar-refractivity contribution >= 4 is 5.69 Å². The number of benzene rings is 2. The van der Waals surface area contributed by atoms with Crippen LogP contribution in [0.4, 0.5) is 10.1 Å². The van der Waals surface area contributed by atoms with Crippen LogP contribution < -0.4 is 14.4 Å². The van der Waals surface area contributed by atoms with E-state index in [0.29, 0.717) is 25.5 Å². The Hall–Kier alpha value is -2.31. The van der Waals surface area contributed by atoms with Crippen molar-refractivity contribution in [2.24, 2.45) is 0 Å². The number of ether oxygens (including phenoxy) is 2. The Bertz CT molecular complexity index is 745. The van der Waals surface area contributed by atoms with E-state index in [2.05, 4.69) is 9.80 Å². The van der Waals surface area contributed by atoms with Crippen LogP contribution in [-0.4, -0.2) is 55.9 Å². The SMILES string of the molecule is O[C@H](CN1CCN(c2ccc(F)cc2)CC1)c1ccc2c(c1)OCCO2. The van der Waals surface area contributed by atoms with Gasteiger partial charge in [0, 0.05) is 38.4 Å². The third-order valence-corrected chi connectivity index (χ3v) is 4.95. The fourth-order valence-electron chi connectivity index (χ4n) is 3.46. The number of fused-ring (bicyclic) bond motifs is 1. The van der Waals surface area contributed by atoms with Gasteiger partial charge in [0.2, 0.25) is 0 Å². The number of anilines is 1. The number of β-amino-alcohol motifs (C(OH)–C–C–N with tert-alkyl or cyclic N) is 1. The molecule has 1 N–H and O–H groups in total. The number of aliphatic hydroxyl groups is 1. The van der Waals surface area contributed by atoms with Gasteiger partial charge in [0.05, 0.1) is 6.10 Å². The van der Waals surface area contributed by atoms with E-state index in [4.69, 9.17) is 9.47 Å². The van der Waals surface area contributed by atoms with Gasteiger partial charge in [-0.2, -0.15) is 0 Å². The van der Waals surface area contributed by atoms with Gasteiger partial charge < -0.3 is 19.5 Å². The Balaban J connectivity index is 1.33. The lowest BCUT2D eigenvalue weighted by molar-refractivity contribution is 0.108. The van der Waals surface area contributed by atoms with Gasteiger partial charge in [-0.15, -0.1) is 0 Å². The largest absolute Gasteiger partial charge is 0.486 e. The van der Waals surface area contributed by atoms with Crippen molar-refractivity contribution in [3.63, 3.8) is 0 Å². The minimum atomic E-state index is -0.566. The molecule has 2 aromatic carbocycles. The maximum absolute atomic E-state index is 13.1. The number of hydrogen-bond acceptors (Lipinski definition) is 5. The van der Waals surface area contributed by atoms with Gasteiger partial charge in [0.15, 0.2) is 11.5 Å². The highest BCUT2D eigenvalue weighted by atomic mass is 19.1.